The number of nitrogens with zero attached hydrogens (tertiary/aromatic N) is 4. The minimum absolute atomic E-state index is 0.541. The molecule has 146 valence electrons. The lowest BCUT2D eigenvalue weighted by molar-refractivity contribution is 1.06. The van der Waals surface area contributed by atoms with Gasteiger partial charge in [-0.2, -0.15) is 4.98 Å². The van der Waals surface area contributed by atoms with Crippen molar-refractivity contribution >= 4 is 28.6 Å². The number of hydrogen-bond acceptors (Lipinski definition) is 6. The van der Waals surface area contributed by atoms with Gasteiger partial charge in [-0.1, -0.05) is 48.5 Å². The van der Waals surface area contributed by atoms with Crippen LogP contribution in [0.2, 0.25) is 0 Å². The molecule has 0 saturated heterocycles. The molecule has 0 aliphatic rings. The second kappa shape index (κ2) is 8.00. The Hall–Kier alpha value is -4.26. The fourth-order valence-corrected chi connectivity index (χ4v) is 3.19. The molecule has 0 spiro atoms. The monoisotopic (exact) mass is 393 g/mol. The topological polar surface area (TPSA) is 91.4 Å². The summed E-state index contributed by atoms with van der Waals surface area (Å²) < 4.78 is 0. The van der Waals surface area contributed by atoms with Crippen LogP contribution >= 0.6 is 0 Å². The Kier molecular flexibility index (Phi) is 4.75. The summed E-state index contributed by atoms with van der Waals surface area (Å²) in [6, 6.07) is 20.0. The molecule has 0 radical (unpaired) electrons. The highest BCUT2D eigenvalue weighted by Gasteiger charge is 2.10. The van der Waals surface area contributed by atoms with E-state index < -0.39 is 0 Å². The number of hydrogen-bond donors (Lipinski definition) is 3. The molecule has 0 unspecified atom stereocenters. The maximum atomic E-state index is 4.57. The number of aromatic amines is 1. The summed E-state index contributed by atoms with van der Waals surface area (Å²) in [6.45, 7) is 0.679. The molecule has 7 heteroatoms. The van der Waals surface area contributed by atoms with Crippen molar-refractivity contribution in [2.75, 3.05) is 10.6 Å². The predicted molar refractivity (Wildman–Crippen MR) is 118 cm³/mol. The van der Waals surface area contributed by atoms with Crippen LogP contribution in [0.3, 0.4) is 0 Å². The Morgan fingerprint density at radius 2 is 1.47 bits per heavy atom. The van der Waals surface area contributed by atoms with Gasteiger partial charge in [-0.15, -0.1) is 0 Å². The molecule has 3 aromatic heterocycles. The Labute approximate surface area is 173 Å². The lowest BCUT2D eigenvalue weighted by Crippen LogP contribution is -2.03. The lowest BCUT2D eigenvalue weighted by Gasteiger charge is -2.06. The third kappa shape index (κ3) is 3.81. The molecular weight excluding hydrogens is 374 g/mol. The summed E-state index contributed by atoms with van der Waals surface area (Å²) in [5, 5.41) is 7.36. The normalized spacial score (nSPS) is 10.8. The summed E-state index contributed by atoms with van der Waals surface area (Å²) in [4.78, 5) is 21.1. The molecule has 0 aliphatic carbocycles. The number of rotatable bonds is 6. The van der Waals surface area contributed by atoms with Crippen LogP contribution in [0, 0.1) is 0 Å². The summed E-state index contributed by atoms with van der Waals surface area (Å²) in [6.07, 6.45) is 7.32. The average Bonchev–Trinajstić information content (AvgIpc) is 3.23. The highest BCUT2D eigenvalue weighted by atomic mass is 15.1. The molecule has 0 aliphatic heterocycles. The molecule has 7 nitrogen and oxygen atoms in total. The minimum atomic E-state index is 0.541. The molecule has 0 fully saturated rings. The number of H-pyrrole nitrogens is 1. The van der Waals surface area contributed by atoms with E-state index in [-0.39, 0.29) is 0 Å². The summed E-state index contributed by atoms with van der Waals surface area (Å²) in [5.74, 6) is 1.13. The number of anilines is 3. The maximum absolute atomic E-state index is 4.57. The second-order valence-corrected chi connectivity index (χ2v) is 6.78. The van der Waals surface area contributed by atoms with Crippen molar-refractivity contribution in [3.05, 3.63) is 91.0 Å². The van der Waals surface area contributed by atoms with Crippen molar-refractivity contribution in [3.8, 4) is 11.1 Å². The molecule has 0 bridgehead atoms. The molecule has 3 heterocycles. The van der Waals surface area contributed by atoms with Gasteiger partial charge in [0.1, 0.15) is 5.65 Å². The van der Waals surface area contributed by atoms with Crippen molar-refractivity contribution in [1.82, 2.24) is 24.9 Å². The highest BCUT2D eigenvalue weighted by Crippen LogP contribution is 2.27. The first-order valence-electron chi connectivity index (χ1n) is 9.61. The average molecular weight is 393 g/mol. The van der Waals surface area contributed by atoms with E-state index in [2.05, 4.69) is 47.7 Å². The number of fused-ring (bicyclic) bond motifs is 1. The van der Waals surface area contributed by atoms with Crippen LogP contribution in [0.5, 0.6) is 0 Å². The van der Waals surface area contributed by atoms with Gasteiger partial charge in [0.2, 0.25) is 11.9 Å². The maximum Gasteiger partial charge on any atom is 0.229 e. The zero-order chi connectivity index (χ0) is 20.2. The molecule has 0 saturated carbocycles. The van der Waals surface area contributed by atoms with Crippen molar-refractivity contribution in [2.45, 2.75) is 6.54 Å². The Balaban J connectivity index is 1.33. The molecular formula is C23H19N7. The molecule has 0 amide bonds. The Morgan fingerprint density at radius 3 is 2.23 bits per heavy atom. The van der Waals surface area contributed by atoms with Crippen LogP contribution < -0.4 is 10.6 Å². The summed E-state index contributed by atoms with van der Waals surface area (Å²) in [5.41, 5.74) is 4.74. The van der Waals surface area contributed by atoms with E-state index in [1.807, 2.05) is 54.7 Å². The fourth-order valence-electron chi connectivity index (χ4n) is 3.19. The van der Waals surface area contributed by atoms with Gasteiger partial charge in [0.25, 0.3) is 0 Å². The van der Waals surface area contributed by atoms with Crippen molar-refractivity contribution in [2.24, 2.45) is 0 Å². The standard InChI is InChI=1S/C23H19N7/c1-3-7-16(8-4-1)11-25-22-26-12-17(13-27-22)19-14-24-21-20(19)15-28-23(30-21)29-18-9-5-2-6-10-18/h1-10,12-15H,11H2,(H,25,26,27)(H2,24,28,29,30). The van der Waals surface area contributed by atoms with Crippen molar-refractivity contribution in [3.63, 3.8) is 0 Å². The minimum Gasteiger partial charge on any atom is -0.350 e. The van der Waals surface area contributed by atoms with E-state index in [1.54, 1.807) is 18.6 Å². The quantitative estimate of drug-likeness (QED) is 0.385. The van der Waals surface area contributed by atoms with Gasteiger partial charge < -0.3 is 15.6 Å². The van der Waals surface area contributed by atoms with Crippen molar-refractivity contribution in [1.29, 1.82) is 0 Å². The lowest BCUT2D eigenvalue weighted by atomic mass is 10.1. The number of benzene rings is 2. The number of nitrogens with one attached hydrogen (secondary N) is 3. The van der Waals surface area contributed by atoms with Crippen LogP contribution in [0.25, 0.3) is 22.2 Å². The van der Waals surface area contributed by atoms with Gasteiger partial charge in [0.15, 0.2) is 0 Å². The van der Waals surface area contributed by atoms with E-state index in [0.717, 1.165) is 27.8 Å². The molecule has 0 atom stereocenters. The third-order valence-electron chi connectivity index (χ3n) is 4.72. The SMILES string of the molecule is c1ccc(CNc2ncc(-c3c[nH]c4nc(Nc5ccccc5)ncc34)cn2)cc1. The van der Waals surface area contributed by atoms with Gasteiger partial charge >= 0.3 is 0 Å². The van der Waals surface area contributed by atoms with Gasteiger partial charge in [0, 0.05) is 53.5 Å². The molecule has 5 rings (SSSR count). The number of aromatic nitrogens is 5. The van der Waals surface area contributed by atoms with Crippen molar-refractivity contribution < 1.29 is 0 Å². The smallest absolute Gasteiger partial charge is 0.229 e. The second-order valence-electron chi connectivity index (χ2n) is 6.78. The molecule has 2 aromatic carbocycles. The molecule has 5 aromatic rings. The van der Waals surface area contributed by atoms with Gasteiger partial charge in [-0.25, -0.2) is 15.0 Å². The first-order valence-corrected chi connectivity index (χ1v) is 9.61. The van der Waals surface area contributed by atoms with E-state index in [9.17, 15) is 0 Å². The summed E-state index contributed by atoms with van der Waals surface area (Å²) in [7, 11) is 0. The van der Waals surface area contributed by atoms with Crippen LogP contribution in [0.1, 0.15) is 5.56 Å². The first kappa shape index (κ1) is 17.8. The Morgan fingerprint density at radius 1 is 0.767 bits per heavy atom. The van der Waals surface area contributed by atoms with Crippen LogP contribution in [0.15, 0.2) is 85.5 Å². The zero-order valence-corrected chi connectivity index (χ0v) is 16.1. The van der Waals surface area contributed by atoms with Crippen LogP contribution in [-0.2, 0) is 6.54 Å². The Bertz CT molecular complexity index is 1250. The van der Waals surface area contributed by atoms with Gasteiger partial charge in [-0.05, 0) is 17.7 Å². The molecule has 3 N–H and O–H groups in total. The van der Waals surface area contributed by atoms with Crippen LogP contribution in [0.4, 0.5) is 17.6 Å². The van der Waals surface area contributed by atoms with E-state index >= 15 is 0 Å². The highest BCUT2D eigenvalue weighted by molar-refractivity contribution is 5.93. The zero-order valence-electron chi connectivity index (χ0n) is 16.1. The van der Waals surface area contributed by atoms with E-state index in [4.69, 9.17) is 0 Å². The fraction of sp³-hybridized carbons (Fsp3) is 0.0435. The van der Waals surface area contributed by atoms with E-state index in [0.29, 0.717) is 18.4 Å². The predicted octanol–water partition coefficient (Wildman–Crippen LogP) is 4.77. The largest absolute Gasteiger partial charge is 0.350 e. The molecule has 30 heavy (non-hydrogen) atoms. The first-order chi connectivity index (χ1) is 14.8. The van der Waals surface area contributed by atoms with Gasteiger partial charge in [0.05, 0.1) is 0 Å². The van der Waals surface area contributed by atoms with Crippen LogP contribution in [-0.4, -0.2) is 24.9 Å². The van der Waals surface area contributed by atoms with E-state index in [1.165, 1.54) is 5.56 Å². The summed E-state index contributed by atoms with van der Waals surface area (Å²) >= 11 is 0. The third-order valence-corrected chi connectivity index (χ3v) is 4.72. The number of para-hydroxylation sites is 1. The van der Waals surface area contributed by atoms with Gasteiger partial charge in [-0.3, -0.25) is 0 Å².